The van der Waals surface area contributed by atoms with E-state index >= 15 is 0 Å². The molecule has 0 N–H and O–H groups in total. The quantitative estimate of drug-likeness (QED) is 0.602. The molecule has 0 amide bonds. The van der Waals surface area contributed by atoms with Gasteiger partial charge in [0.1, 0.15) is 0 Å². The summed E-state index contributed by atoms with van der Waals surface area (Å²) >= 11 is 0. The SMILES string of the molecule is Cn1ncc2c1CN(C(C)(C)C)C2. The van der Waals surface area contributed by atoms with E-state index < -0.39 is 0 Å². The predicted molar refractivity (Wildman–Crippen MR) is 52.2 cm³/mol. The summed E-state index contributed by atoms with van der Waals surface area (Å²) in [5.41, 5.74) is 3.02. The summed E-state index contributed by atoms with van der Waals surface area (Å²) < 4.78 is 1.99. The van der Waals surface area contributed by atoms with Crippen LogP contribution >= 0.6 is 0 Å². The number of aromatic nitrogens is 2. The van der Waals surface area contributed by atoms with Crippen LogP contribution in [0.2, 0.25) is 0 Å². The van der Waals surface area contributed by atoms with Gasteiger partial charge in [-0.1, -0.05) is 0 Å². The zero-order valence-electron chi connectivity index (χ0n) is 8.83. The molecule has 0 radical (unpaired) electrons. The molecule has 1 aromatic heterocycles. The lowest BCUT2D eigenvalue weighted by atomic mass is 10.1. The van der Waals surface area contributed by atoms with Crippen molar-refractivity contribution in [2.45, 2.75) is 39.4 Å². The number of hydrogen-bond acceptors (Lipinski definition) is 2. The van der Waals surface area contributed by atoms with Gasteiger partial charge in [0.05, 0.1) is 11.9 Å². The average molecular weight is 179 g/mol. The van der Waals surface area contributed by atoms with Crippen molar-refractivity contribution in [3.05, 3.63) is 17.5 Å². The van der Waals surface area contributed by atoms with Crippen LogP contribution in [0.15, 0.2) is 6.20 Å². The molecule has 72 valence electrons. The van der Waals surface area contributed by atoms with E-state index in [0.717, 1.165) is 13.1 Å². The maximum absolute atomic E-state index is 4.24. The fourth-order valence-electron chi connectivity index (χ4n) is 1.76. The first-order chi connectivity index (χ1) is 5.98. The molecule has 2 heterocycles. The average Bonchev–Trinajstić information content (AvgIpc) is 2.51. The Hall–Kier alpha value is -0.830. The molecule has 0 aromatic carbocycles. The van der Waals surface area contributed by atoms with E-state index in [9.17, 15) is 0 Å². The van der Waals surface area contributed by atoms with Crippen molar-refractivity contribution in [1.29, 1.82) is 0 Å². The minimum absolute atomic E-state index is 0.263. The lowest BCUT2D eigenvalue weighted by Crippen LogP contribution is -2.37. The third-order valence-electron chi connectivity index (χ3n) is 2.80. The Morgan fingerprint density at radius 1 is 1.31 bits per heavy atom. The number of aryl methyl sites for hydroxylation is 1. The molecule has 0 bridgehead atoms. The summed E-state index contributed by atoms with van der Waals surface area (Å²) in [6.07, 6.45) is 1.99. The van der Waals surface area contributed by atoms with Gasteiger partial charge < -0.3 is 0 Å². The lowest BCUT2D eigenvalue weighted by molar-refractivity contribution is 0.133. The van der Waals surface area contributed by atoms with Crippen LogP contribution in [0.1, 0.15) is 32.0 Å². The third-order valence-corrected chi connectivity index (χ3v) is 2.80. The van der Waals surface area contributed by atoms with Crippen molar-refractivity contribution in [1.82, 2.24) is 14.7 Å². The van der Waals surface area contributed by atoms with E-state index in [4.69, 9.17) is 0 Å². The summed E-state index contributed by atoms with van der Waals surface area (Å²) in [7, 11) is 2.02. The van der Waals surface area contributed by atoms with Crippen molar-refractivity contribution in [3.63, 3.8) is 0 Å². The van der Waals surface area contributed by atoms with Gasteiger partial charge in [0, 0.05) is 31.2 Å². The molecule has 1 aromatic rings. The van der Waals surface area contributed by atoms with Crippen molar-refractivity contribution in [2.75, 3.05) is 0 Å². The highest BCUT2D eigenvalue weighted by Crippen LogP contribution is 2.28. The van der Waals surface area contributed by atoms with Crippen LogP contribution in [0.3, 0.4) is 0 Å². The van der Waals surface area contributed by atoms with E-state index in [0.29, 0.717) is 0 Å². The van der Waals surface area contributed by atoms with Crippen LogP contribution in [0.5, 0.6) is 0 Å². The molecule has 0 saturated carbocycles. The fourth-order valence-corrected chi connectivity index (χ4v) is 1.76. The third kappa shape index (κ3) is 1.37. The Morgan fingerprint density at radius 3 is 2.54 bits per heavy atom. The van der Waals surface area contributed by atoms with Crippen LogP contribution in [-0.2, 0) is 20.1 Å². The highest BCUT2D eigenvalue weighted by molar-refractivity contribution is 5.22. The summed E-state index contributed by atoms with van der Waals surface area (Å²) in [6, 6.07) is 0. The van der Waals surface area contributed by atoms with Gasteiger partial charge in [0.25, 0.3) is 0 Å². The fraction of sp³-hybridized carbons (Fsp3) is 0.700. The molecule has 0 spiro atoms. The van der Waals surface area contributed by atoms with E-state index in [2.05, 4.69) is 30.8 Å². The normalized spacial score (nSPS) is 17.8. The van der Waals surface area contributed by atoms with Crippen molar-refractivity contribution >= 4 is 0 Å². The highest BCUT2D eigenvalue weighted by Gasteiger charge is 2.29. The number of fused-ring (bicyclic) bond motifs is 1. The molecule has 3 nitrogen and oxygen atoms in total. The van der Waals surface area contributed by atoms with E-state index in [1.54, 1.807) is 0 Å². The monoisotopic (exact) mass is 179 g/mol. The predicted octanol–water partition coefficient (Wildman–Crippen LogP) is 1.53. The van der Waals surface area contributed by atoms with Crippen LogP contribution in [0, 0.1) is 0 Å². The molecular weight excluding hydrogens is 162 g/mol. The zero-order valence-corrected chi connectivity index (χ0v) is 8.83. The Labute approximate surface area is 79.3 Å². The van der Waals surface area contributed by atoms with Gasteiger partial charge in [0.2, 0.25) is 0 Å². The van der Waals surface area contributed by atoms with Crippen LogP contribution < -0.4 is 0 Å². The molecule has 2 rings (SSSR count). The highest BCUT2D eigenvalue weighted by atomic mass is 15.3. The molecule has 3 heteroatoms. The minimum atomic E-state index is 0.263. The molecule has 1 aliphatic rings. The molecule has 0 saturated heterocycles. The van der Waals surface area contributed by atoms with Crippen LogP contribution in [0.25, 0.3) is 0 Å². The van der Waals surface area contributed by atoms with Gasteiger partial charge >= 0.3 is 0 Å². The van der Waals surface area contributed by atoms with E-state index in [-0.39, 0.29) is 5.54 Å². The standard InChI is InChI=1S/C10H17N3/c1-10(2,3)13-6-8-5-11-12(4)9(8)7-13/h5H,6-7H2,1-4H3. The first kappa shape index (κ1) is 8.75. The Kier molecular flexibility index (Phi) is 1.74. The van der Waals surface area contributed by atoms with Gasteiger partial charge in [-0.2, -0.15) is 5.10 Å². The number of nitrogens with zero attached hydrogens (tertiary/aromatic N) is 3. The second kappa shape index (κ2) is 2.58. The summed E-state index contributed by atoms with van der Waals surface area (Å²) in [4.78, 5) is 2.47. The van der Waals surface area contributed by atoms with Gasteiger partial charge in [-0.05, 0) is 20.8 Å². The van der Waals surface area contributed by atoms with Crippen LogP contribution in [0.4, 0.5) is 0 Å². The van der Waals surface area contributed by atoms with Gasteiger partial charge in [0.15, 0.2) is 0 Å². The second-order valence-corrected chi connectivity index (χ2v) is 4.77. The molecule has 0 fully saturated rings. The van der Waals surface area contributed by atoms with Crippen molar-refractivity contribution in [2.24, 2.45) is 7.05 Å². The maximum Gasteiger partial charge on any atom is 0.0566 e. The lowest BCUT2D eigenvalue weighted by Gasteiger charge is -2.31. The van der Waals surface area contributed by atoms with E-state index in [1.807, 2.05) is 17.9 Å². The largest absolute Gasteiger partial charge is 0.288 e. The zero-order chi connectivity index (χ0) is 9.64. The summed E-state index contributed by atoms with van der Waals surface area (Å²) in [5, 5.41) is 4.24. The molecule has 0 atom stereocenters. The first-order valence-electron chi connectivity index (χ1n) is 4.73. The molecule has 1 aliphatic heterocycles. The molecule has 0 aliphatic carbocycles. The second-order valence-electron chi connectivity index (χ2n) is 4.77. The summed E-state index contributed by atoms with van der Waals surface area (Å²) in [5.74, 6) is 0. The van der Waals surface area contributed by atoms with Gasteiger partial charge in [-0.25, -0.2) is 0 Å². The summed E-state index contributed by atoms with van der Waals surface area (Å²) in [6.45, 7) is 8.85. The van der Waals surface area contributed by atoms with Crippen LogP contribution in [-0.4, -0.2) is 20.2 Å². The smallest absolute Gasteiger partial charge is 0.0566 e. The molecule has 0 unspecified atom stereocenters. The maximum atomic E-state index is 4.24. The Morgan fingerprint density at radius 2 is 2.00 bits per heavy atom. The molecule has 13 heavy (non-hydrogen) atoms. The Bertz CT molecular complexity index is 319. The Balaban J connectivity index is 2.24. The van der Waals surface area contributed by atoms with E-state index in [1.165, 1.54) is 11.3 Å². The number of rotatable bonds is 0. The minimum Gasteiger partial charge on any atom is -0.288 e. The topological polar surface area (TPSA) is 21.1 Å². The van der Waals surface area contributed by atoms with Gasteiger partial charge in [-0.15, -0.1) is 0 Å². The number of hydrogen-bond donors (Lipinski definition) is 0. The first-order valence-corrected chi connectivity index (χ1v) is 4.73. The van der Waals surface area contributed by atoms with Crippen molar-refractivity contribution in [3.8, 4) is 0 Å². The molecular formula is C10H17N3. The van der Waals surface area contributed by atoms with Crippen molar-refractivity contribution < 1.29 is 0 Å². The van der Waals surface area contributed by atoms with Gasteiger partial charge in [-0.3, -0.25) is 9.58 Å².